The van der Waals surface area contributed by atoms with Crippen LogP contribution >= 0.6 is 23.7 Å². The monoisotopic (exact) mass is 570 g/mol. The summed E-state index contributed by atoms with van der Waals surface area (Å²) in [6, 6.07) is 10.5. The number of aromatic nitrogens is 1. The van der Waals surface area contributed by atoms with Gasteiger partial charge in [0.15, 0.2) is 5.13 Å². The molecule has 2 aromatic carbocycles. The first kappa shape index (κ1) is 31.1. The molecule has 0 aliphatic heterocycles. The van der Waals surface area contributed by atoms with Crippen molar-refractivity contribution in [2.45, 2.75) is 44.4 Å². The molecule has 3 aromatic rings. The van der Waals surface area contributed by atoms with Gasteiger partial charge in [0, 0.05) is 31.7 Å². The van der Waals surface area contributed by atoms with Crippen molar-refractivity contribution in [2.24, 2.45) is 0 Å². The number of hydrogen-bond acceptors (Lipinski definition) is 6. The Balaban J connectivity index is 0.00000481. The van der Waals surface area contributed by atoms with E-state index in [1.165, 1.54) is 35.6 Å². The highest BCUT2D eigenvalue weighted by molar-refractivity contribution is 7.89. The molecule has 0 bridgehead atoms. The van der Waals surface area contributed by atoms with Crippen LogP contribution in [0.4, 0.5) is 9.52 Å². The van der Waals surface area contributed by atoms with Crippen LogP contribution in [0.5, 0.6) is 0 Å². The van der Waals surface area contributed by atoms with Gasteiger partial charge in [-0.05, 0) is 69.4 Å². The Bertz CT molecular complexity index is 1260. The van der Waals surface area contributed by atoms with Crippen LogP contribution in [0.2, 0.25) is 0 Å². The molecule has 0 unspecified atom stereocenters. The average Bonchev–Trinajstić information content (AvgIpc) is 3.26. The molecule has 0 aliphatic rings. The Kier molecular flexibility index (Phi) is 11.9. The molecule has 0 fully saturated rings. The highest BCUT2D eigenvalue weighted by Gasteiger charge is 2.25. The van der Waals surface area contributed by atoms with E-state index in [9.17, 15) is 17.6 Å². The molecule has 1 aromatic heterocycles. The Morgan fingerprint density at radius 1 is 0.946 bits per heavy atom. The minimum atomic E-state index is -3.65. The summed E-state index contributed by atoms with van der Waals surface area (Å²) in [6.45, 7) is 6.03. The van der Waals surface area contributed by atoms with Crippen molar-refractivity contribution in [3.05, 3.63) is 53.8 Å². The second kappa shape index (κ2) is 14.2. The molecule has 0 aliphatic carbocycles. The minimum absolute atomic E-state index is 0. The van der Waals surface area contributed by atoms with Crippen LogP contribution in [0, 0.1) is 5.82 Å². The van der Waals surface area contributed by atoms with Crippen molar-refractivity contribution >= 4 is 55.0 Å². The number of anilines is 1. The van der Waals surface area contributed by atoms with Crippen LogP contribution in [0.1, 0.15) is 49.9 Å². The van der Waals surface area contributed by atoms with Gasteiger partial charge in [0.1, 0.15) is 5.82 Å². The van der Waals surface area contributed by atoms with Gasteiger partial charge < -0.3 is 4.90 Å². The maximum atomic E-state index is 13.7. The number of sulfonamides is 1. The number of thiazole rings is 1. The second-order valence-electron chi connectivity index (χ2n) is 9.00. The van der Waals surface area contributed by atoms with Gasteiger partial charge in [-0.15, -0.1) is 12.4 Å². The first-order valence-electron chi connectivity index (χ1n) is 12.3. The fraction of sp³-hybridized carbons (Fsp3) is 0.462. The number of hydrogen-bond donors (Lipinski definition) is 0. The maximum Gasteiger partial charge on any atom is 0.260 e. The lowest BCUT2D eigenvalue weighted by molar-refractivity contribution is 0.0985. The van der Waals surface area contributed by atoms with Crippen LogP contribution < -0.4 is 4.90 Å². The SMILES string of the molecule is CCCCN(CCCC)S(=O)(=O)c1ccc(C(=O)N(CCN(C)C)c2nc3ccc(F)cc3s2)cc1.Cl. The van der Waals surface area contributed by atoms with Gasteiger partial charge in [0.2, 0.25) is 10.0 Å². The molecule has 37 heavy (non-hydrogen) atoms. The quantitative estimate of drug-likeness (QED) is 0.265. The molecule has 0 spiro atoms. The smallest absolute Gasteiger partial charge is 0.260 e. The van der Waals surface area contributed by atoms with Gasteiger partial charge in [-0.25, -0.2) is 17.8 Å². The predicted molar refractivity (Wildman–Crippen MR) is 152 cm³/mol. The molecular weight excluding hydrogens is 535 g/mol. The summed E-state index contributed by atoms with van der Waals surface area (Å²) >= 11 is 1.25. The molecule has 1 heterocycles. The van der Waals surface area contributed by atoms with Crippen molar-refractivity contribution < 1.29 is 17.6 Å². The van der Waals surface area contributed by atoms with Crippen molar-refractivity contribution in [3.63, 3.8) is 0 Å². The molecule has 0 atom stereocenters. The lowest BCUT2D eigenvalue weighted by atomic mass is 10.2. The van der Waals surface area contributed by atoms with E-state index in [0.29, 0.717) is 47.1 Å². The third-order valence-corrected chi connectivity index (χ3v) is 8.80. The standard InChI is InChI=1S/C26H35FN4O3S2.ClH/c1-5-7-15-30(16-8-6-2)36(33,34)22-12-9-20(10-13-22)25(32)31(18-17-29(3)4)26-28-23-14-11-21(27)19-24(23)35-26;/h9-14,19H,5-8,15-18H2,1-4H3;1H. The number of unbranched alkanes of at least 4 members (excludes halogenated alkanes) is 2. The lowest BCUT2D eigenvalue weighted by Crippen LogP contribution is -2.37. The molecular formula is C26H36ClFN4O3S2. The number of halogens is 2. The fourth-order valence-corrected chi connectivity index (χ4v) is 6.21. The summed E-state index contributed by atoms with van der Waals surface area (Å²) in [5, 5.41) is 0.476. The molecule has 7 nitrogen and oxygen atoms in total. The van der Waals surface area contributed by atoms with Crippen molar-refractivity contribution in [1.82, 2.24) is 14.2 Å². The molecule has 3 rings (SSSR count). The molecule has 1 amide bonds. The van der Waals surface area contributed by atoms with Gasteiger partial charge in [0.05, 0.1) is 15.1 Å². The highest BCUT2D eigenvalue weighted by atomic mass is 35.5. The lowest BCUT2D eigenvalue weighted by Gasteiger charge is -2.23. The van der Waals surface area contributed by atoms with Crippen LogP contribution in [0.15, 0.2) is 47.4 Å². The zero-order valence-corrected chi connectivity index (χ0v) is 24.3. The van der Waals surface area contributed by atoms with Gasteiger partial charge in [-0.2, -0.15) is 4.31 Å². The summed E-state index contributed by atoms with van der Waals surface area (Å²) in [4.78, 5) is 21.8. The Morgan fingerprint density at radius 3 is 2.14 bits per heavy atom. The first-order chi connectivity index (χ1) is 17.2. The number of nitrogens with zero attached hydrogens (tertiary/aromatic N) is 4. The Morgan fingerprint density at radius 2 is 1.57 bits per heavy atom. The van der Waals surface area contributed by atoms with Crippen LogP contribution in [0.3, 0.4) is 0 Å². The van der Waals surface area contributed by atoms with Gasteiger partial charge in [0.25, 0.3) is 5.91 Å². The number of amides is 1. The maximum absolute atomic E-state index is 13.7. The summed E-state index contributed by atoms with van der Waals surface area (Å²) in [6.07, 6.45) is 3.42. The zero-order valence-electron chi connectivity index (χ0n) is 21.8. The molecule has 11 heteroatoms. The van der Waals surface area contributed by atoms with Crippen molar-refractivity contribution in [3.8, 4) is 0 Å². The highest BCUT2D eigenvalue weighted by Crippen LogP contribution is 2.30. The number of rotatable bonds is 13. The number of benzene rings is 2. The van der Waals surface area contributed by atoms with Crippen molar-refractivity contribution in [2.75, 3.05) is 45.2 Å². The number of carbonyl (C=O) groups excluding carboxylic acids is 1. The zero-order chi connectivity index (χ0) is 26.3. The van der Waals surface area contributed by atoms with E-state index in [1.54, 1.807) is 27.4 Å². The van der Waals surface area contributed by atoms with Gasteiger partial charge in [-0.1, -0.05) is 38.0 Å². The number of fused-ring (bicyclic) bond motifs is 1. The van der Waals surface area contributed by atoms with Crippen molar-refractivity contribution in [1.29, 1.82) is 0 Å². The largest absolute Gasteiger partial charge is 0.308 e. The molecule has 0 radical (unpaired) electrons. The Labute approximate surface area is 229 Å². The summed E-state index contributed by atoms with van der Waals surface area (Å²) < 4.78 is 42.4. The van der Waals surface area contributed by atoms with E-state index in [2.05, 4.69) is 4.98 Å². The molecule has 0 saturated heterocycles. The number of carbonyl (C=O) groups is 1. The summed E-state index contributed by atoms with van der Waals surface area (Å²) in [7, 11) is 0.184. The molecule has 204 valence electrons. The predicted octanol–water partition coefficient (Wildman–Crippen LogP) is 5.66. The van der Waals surface area contributed by atoms with E-state index < -0.39 is 10.0 Å². The fourth-order valence-electron chi connectivity index (χ4n) is 3.68. The topological polar surface area (TPSA) is 73.8 Å². The third kappa shape index (κ3) is 7.94. The van der Waals surface area contributed by atoms with E-state index in [0.717, 1.165) is 25.7 Å². The third-order valence-electron chi connectivity index (χ3n) is 5.85. The minimum Gasteiger partial charge on any atom is -0.308 e. The van der Waals surface area contributed by atoms with E-state index >= 15 is 0 Å². The van der Waals surface area contributed by atoms with E-state index in [1.807, 2.05) is 32.8 Å². The van der Waals surface area contributed by atoms with Crippen LogP contribution in [-0.2, 0) is 10.0 Å². The summed E-state index contributed by atoms with van der Waals surface area (Å²) in [5.41, 5.74) is 0.992. The van der Waals surface area contributed by atoms with E-state index in [4.69, 9.17) is 0 Å². The summed E-state index contributed by atoms with van der Waals surface area (Å²) in [5.74, 6) is -0.637. The normalized spacial score (nSPS) is 11.8. The average molecular weight is 571 g/mol. The van der Waals surface area contributed by atoms with Crippen LogP contribution in [0.25, 0.3) is 10.2 Å². The van der Waals surface area contributed by atoms with Crippen LogP contribution in [-0.4, -0.2) is 68.8 Å². The first-order valence-corrected chi connectivity index (χ1v) is 14.6. The molecule has 0 N–H and O–H groups in total. The Hall–Kier alpha value is -2.11. The van der Waals surface area contributed by atoms with Gasteiger partial charge >= 0.3 is 0 Å². The van der Waals surface area contributed by atoms with Gasteiger partial charge in [-0.3, -0.25) is 9.69 Å². The van der Waals surface area contributed by atoms with E-state index in [-0.39, 0.29) is 29.0 Å². The number of likely N-dealkylation sites (N-methyl/N-ethyl adjacent to an activating group) is 1. The second-order valence-corrected chi connectivity index (χ2v) is 12.0. The molecule has 0 saturated carbocycles.